The van der Waals surface area contributed by atoms with E-state index in [4.69, 9.17) is 19.5 Å². The molecule has 8 heteroatoms. The van der Waals surface area contributed by atoms with Crippen molar-refractivity contribution in [1.29, 1.82) is 0 Å². The fourth-order valence-corrected chi connectivity index (χ4v) is 9.09. The first-order valence-corrected chi connectivity index (χ1v) is 19.3. The average Bonchev–Trinajstić information content (AvgIpc) is 3.85. The second-order valence-electron chi connectivity index (χ2n) is 15.1. The zero-order chi connectivity index (χ0) is 35.7. The molecule has 270 valence electrons. The highest BCUT2D eigenvalue weighted by atomic mass is 16.5. The Hall–Kier alpha value is -3.52. The molecule has 0 saturated heterocycles. The third-order valence-corrected chi connectivity index (χ3v) is 12.0. The minimum atomic E-state index is -0.217. The molecule has 0 saturated carbocycles. The van der Waals surface area contributed by atoms with Gasteiger partial charge in [-0.3, -0.25) is 19.6 Å². The van der Waals surface area contributed by atoms with Gasteiger partial charge in [0, 0.05) is 113 Å². The van der Waals surface area contributed by atoms with Crippen molar-refractivity contribution < 1.29 is 19.1 Å². The van der Waals surface area contributed by atoms with Crippen LogP contribution in [-0.2, 0) is 27.1 Å². The van der Waals surface area contributed by atoms with E-state index >= 15 is 0 Å². The largest absolute Gasteiger partial charge is 0.469 e. The van der Waals surface area contributed by atoms with E-state index in [9.17, 15) is 9.59 Å². The third kappa shape index (κ3) is 6.77. The van der Waals surface area contributed by atoms with Crippen molar-refractivity contribution in [2.45, 2.75) is 138 Å². The fourth-order valence-electron chi connectivity index (χ4n) is 9.09. The van der Waals surface area contributed by atoms with Gasteiger partial charge in [0.2, 0.25) is 0 Å². The van der Waals surface area contributed by atoms with Crippen molar-refractivity contribution in [3.05, 3.63) is 62.0 Å². The van der Waals surface area contributed by atoms with Gasteiger partial charge in [-0.15, -0.1) is 0 Å². The Morgan fingerprint density at radius 2 is 1.80 bits per heavy atom. The van der Waals surface area contributed by atoms with Crippen molar-refractivity contribution >= 4 is 29.3 Å². The molecule has 5 heterocycles. The molecule has 8 nitrogen and oxygen atoms in total. The molecular formula is C42H58N4O4. The van der Waals surface area contributed by atoms with E-state index in [0.29, 0.717) is 25.7 Å². The van der Waals surface area contributed by atoms with Crippen LogP contribution in [0.4, 0.5) is 0 Å². The summed E-state index contributed by atoms with van der Waals surface area (Å²) in [7, 11) is 1.44. The zero-order valence-electron chi connectivity index (χ0n) is 31.7. The molecule has 2 aromatic heterocycles. The highest BCUT2D eigenvalue weighted by Crippen LogP contribution is 2.46. The number of ketones is 1. The molecule has 5 atom stereocenters. The Bertz CT molecular complexity index is 1750. The Morgan fingerprint density at radius 1 is 1.00 bits per heavy atom. The van der Waals surface area contributed by atoms with Crippen LogP contribution in [-0.4, -0.2) is 46.9 Å². The molecule has 6 rings (SSSR count). The van der Waals surface area contributed by atoms with Gasteiger partial charge in [-0.2, -0.15) is 0 Å². The van der Waals surface area contributed by atoms with E-state index in [1.54, 1.807) is 0 Å². The summed E-state index contributed by atoms with van der Waals surface area (Å²) in [4.78, 5) is 44.5. The lowest BCUT2D eigenvalue weighted by Gasteiger charge is -2.21. The van der Waals surface area contributed by atoms with Crippen LogP contribution < -0.4 is 0 Å². The van der Waals surface area contributed by atoms with E-state index < -0.39 is 0 Å². The van der Waals surface area contributed by atoms with E-state index in [-0.39, 0.29) is 41.5 Å². The summed E-state index contributed by atoms with van der Waals surface area (Å²) in [5.74, 6) is 0.196. The summed E-state index contributed by atoms with van der Waals surface area (Å²) in [6.45, 7) is 16.3. The van der Waals surface area contributed by atoms with Gasteiger partial charge in [-0.1, -0.05) is 53.4 Å². The number of carbonyl (C=O) groups is 2. The summed E-state index contributed by atoms with van der Waals surface area (Å²) in [6, 6.07) is 0. The van der Waals surface area contributed by atoms with Gasteiger partial charge in [0.25, 0.3) is 0 Å². The molecule has 1 aliphatic carbocycles. The van der Waals surface area contributed by atoms with Gasteiger partial charge in [-0.05, 0) is 69.2 Å². The maximum atomic E-state index is 13.7. The Morgan fingerprint density at radius 3 is 2.52 bits per heavy atom. The molecular weight excluding hydrogens is 624 g/mol. The monoisotopic (exact) mass is 682 g/mol. The normalized spacial score (nSPS) is 23.4. The summed E-state index contributed by atoms with van der Waals surface area (Å²) >= 11 is 0. The number of fused-ring (bicyclic) bond motifs is 6. The first-order valence-electron chi connectivity index (χ1n) is 19.3. The lowest BCUT2D eigenvalue weighted by molar-refractivity contribution is -0.140. The number of H-pyrrole nitrogens is 2. The molecule has 0 fully saturated rings. The number of aromatic nitrogens is 2. The highest BCUT2D eigenvalue weighted by Gasteiger charge is 2.44. The third-order valence-electron chi connectivity index (χ3n) is 12.0. The number of ether oxygens (including phenoxy) is 2. The van der Waals surface area contributed by atoms with Gasteiger partial charge >= 0.3 is 5.97 Å². The van der Waals surface area contributed by atoms with Gasteiger partial charge in [-0.25, -0.2) is 0 Å². The average molecular weight is 683 g/mol. The molecule has 8 bridgehead atoms. The fraction of sp³-hybridized carbons (Fsp3) is 0.619. The number of Topliss-reactive ketones (excluding diaryl/α,β-unsaturated/α-hetero) is 1. The lowest BCUT2D eigenvalue weighted by Crippen LogP contribution is -2.23. The van der Waals surface area contributed by atoms with Crippen molar-refractivity contribution in [2.75, 3.05) is 13.7 Å². The van der Waals surface area contributed by atoms with E-state index in [0.717, 1.165) is 84.0 Å². The molecule has 50 heavy (non-hydrogen) atoms. The van der Waals surface area contributed by atoms with E-state index in [2.05, 4.69) is 64.5 Å². The smallest absolute Gasteiger partial charge is 0.305 e. The Labute approximate surface area is 298 Å². The molecule has 2 N–H and O–H groups in total. The van der Waals surface area contributed by atoms with Crippen molar-refractivity contribution in [3.63, 3.8) is 0 Å². The maximum Gasteiger partial charge on any atom is 0.305 e. The number of aromatic amines is 2. The summed E-state index contributed by atoms with van der Waals surface area (Å²) in [5.41, 5.74) is 14.3. The minimum absolute atomic E-state index is 0.00492. The molecule has 0 radical (unpaired) electrons. The number of unbranched alkanes of at least 4 members (excludes halogenated alkanes) is 3. The maximum absolute atomic E-state index is 13.7. The van der Waals surface area contributed by atoms with Crippen LogP contribution in [0.25, 0.3) is 6.08 Å². The summed E-state index contributed by atoms with van der Waals surface area (Å²) in [5, 5.41) is 0. The topological polar surface area (TPSA) is 109 Å². The molecule has 2 aromatic rings. The molecule has 3 aliphatic heterocycles. The van der Waals surface area contributed by atoms with Gasteiger partial charge in [0.1, 0.15) is 0 Å². The lowest BCUT2D eigenvalue weighted by atomic mass is 9.81. The minimum Gasteiger partial charge on any atom is -0.469 e. The first kappa shape index (κ1) is 36.3. The summed E-state index contributed by atoms with van der Waals surface area (Å²) in [6.07, 6.45) is 12.7. The van der Waals surface area contributed by atoms with Crippen LogP contribution >= 0.6 is 0 Å². The molecule has 0 spiro atoms. The molecule has 4 aliphatic rings. The number of carbonyl (C=O) groups excluding carboxylic acids is 2. The molecule has 4 unspecified atom stereocenters. The van der Waals surface area contributed by atoms with Crippen molar-refractivity contribution in [1.82, 2.24) is 9.97 Å². The first-order chi connectivity index (χ1) is 24.1. The molecule has 0 aromatic carbocycles. The highest BCUT2D eigenvalue weighted by molar-refractivity contribution is 6.11. The number of hydrogen-bond donors (Lipinski definition) is 2. The van der Waals surface area contributed by atoms with Crippen molar-refractivity contribution in [3.8, 4) is 0 Å². The number of methoxy groups -OCH3 is 1. The predicted molar refractivity (Wildman–Crippen MR) is 201 cm³/mol. The second kappa shape index (κ2) is 15.4. The van der Waals surface area contributed by atoms with Crippen LogP contribution in [0, 0.1) is 31.6 Å². The molecule has 0 amide bonds. The SMILES string of the molecule is CCCCCCOC(CCC)c1c2[nH]c(c1C)C=C1N=C(C3CC(=O)c4c3[nH]c(c4C)CC3=NC(=C(C)C3CC)C2)[C@@H](CCC(=O)OC)C1C. The Kier molecular flexibility index (Phi) is 11.2. The number of esters is 1. The van der Waals surface area contributed by atoms with Crippen molar-refractivity contribution in [2.24, 2.45) is 27.7 Å². The number of rotatable bonds is 13. The standard InChI is InChI=1S/C42H58N4O4/c1-9-12-13-14-18-50-37(15-10-2)39-25(6)32-20-31-24(5)28(16-17-38(48)49-8)41(45-31)29-19-36(47)40-26(7)33(46-42(29)40)21-34-27(11-3)23(4)30(43-34)22-35(39)44-32/h20,24,27-29,37,44,46H,9-19,21-22H2,1-8H3/t24?,27?,28-,29?,37?/m0/s1. The second-order valence-corrected chi connectivity index (χ2v) is 15.1. The number of nitrogens with one attached hydrogen (secondary N) is 2. The number of allylic oxidation sites excluding steroid dienone is 3. The van der Waals surface area contributed by atoms with Crippen LogP contribution in [0.15, 0.2) is 27.0 Å². The number of hydrogen-bond acceptors (Lipinski definition) is 6. The van der Waals surface area contributed by atoms with Crippen LogP contribution in [0.5, 0.6) is 0 Å². The number of aliphatic imine (C=N–C) groups is 2. The Balaban J connectivity index is 1.50. The van der Waals surface area contributed by atoms with Gasteiger partial charge in [0.15, 0.2) is 5.78 Å². The van der Waals surface area contributed by atoms with Gasteiger partial charge in [0.05, 0.1) is 13.2 Å². The van der Waals surface area contributed by atoms with Crippen LogP contribution in [0.1, 0.15) is 161 Å². The van der Waals surface area contributed by atoms with E-state index in [1.807, 2.05) is 0 Å². The predicted octanol–water partition coefficient (Wildman–Crippen LogP) is 9.62. The van der Waals surface area contributed by atoms with Gasteiger partial charge < -0.3 is 19.4 Å². The zero-order valence-corrected chi connectivity index (χ0v) is 31.7. The van der Waals surface area contributed by atoms with E-state index in [1.165, 1.54) is 54.5 Å². The number of nitrogens with zero attached hydrogens (tertiary/aromatic N) is 2. The van der Waals surface area contributed by atoms with Crippen LogP contribution in [0.3, 0.4) is 0 Å². The van der Waals surface area contributed by atoms with Crippen LogP contribution in [0.2, 0.25) is 0 Å². The summed E-state index contributed by atoms with van der Waals surface area (Å²) < 4.78 is 11.8. The quantitative estimate of drug-likeness (QED) is 0.162.